The average molecular weight is 509 g/mol. The van der Waals surface area contributed by atoms with E-state index in [0.717, 1.165) is 0 Å². The van der Waals surface area contributed by atoms with Gasteiger partial charge in [-0.25, -0.2) is 0 Å². The van der Waals surface area contributed by atoms with Crippen LogP contribution in [0.25, 0.3) is 0 Å². The summed E-state index contributed by atoms with van der Waals surface area (Å²) < 4.78 is 6.06. The number of hydrogen-bond acceptors (Lipinski definition) is 1. The van der Waals surface area contributed by atoms with Crippen molar-refractivity contribution < 1.29 is 1.41 Å². The van der Waals surface area contributed by atoms with Crippen molar-refractivity contribution in [1.29, 1.82) is 0 Å². The Morgan fingerprint density at radius 3 is 1.40 bits per heavy atom. The van der Waals surface area contributed by atoms with E-state index in [1.165, 1.54) is 0 Å². The topological polar surface area (TPSA) is 9.23 Å². The molecule has 0 aromatic rings. The normalized spacial score (nSPS) is 17.6. The fraction of sp³-hybridized carbons (Fsp3) is 1.00. The van der Waals surface area contributed by atoms with Gasteiger partial charge in [0.1, 0.15) is 0 Å². The van der Waals surface area contributed by atoms with Crippen LogP contribution in [-0.4, -0.2) is 33.1 Å². The summed E-state index contributed by atoms with van der Waals surface area (Å²) in [4.78, 5) is 2.00. The fourth-order valence-corrected chi connectivity index (χ4v) is 57.6. The van der Waals surface area contributed by atoms with Gasteiger partial charge in [0.2, 0.25) is 0 Å². The molecule has 0 aliphatic rings. The van der Waals surface area contributed by atoms with E-state index in [2.05, 4.69) is 27.7 Å². The first-order valence-corrected chi connectivity index (χ1v) is 26.2. The second kappa shape index (κ2) is 6.76. The quantitative estimate of drug-likeness (QED) is 0.466. The molecule has 0 aromatic heterocycles. The zero-order valence-electron chi connectivity index (χ0n) is 9.65. The van der Waals surface area contributed by atoms with Crippen molar-refractivity contribution in [3.63, 3.8) is 0 Å². The minimum absolute atomic E-state index is 0.369. The van der Waals surface area contributed by atoms with Gasteiger partial charge in [-0.2, -0.15) is 0 Å². The Kier molecular flexibility index (Phi) is 7.98. The zero-order valence-corrected chi connectivity index (χ0v) is 18.4. The standard InChI is InChI=1S/C7H15.CH3.4ClH.O.2Sn/c1-6(2)5-7(3)4;;;;;;;;/h5-7H,1-4H3;1H3;4*1H;;;/q;;;;;;;+1;+3/p-4. The Morgan fingerprint density at radius 2 is 1.20 bits per heavy atom. The predicted molar refractivity (Wildman–Crippen MR) is 75.3 cm³/mol. The van der Waals surface area contributed by atoms with Crippen LogP contribution in [0.1, 0.15) is 27.7 Å². The molecule has 0 bridgehead atoms. The van der Waals surface area contributed by atoms with E-state index >= 15 is 0 Å². The van der Waals surface area contributed by atoms with E-state index in [9.17, 15) is 0 Å². The molecule has 0 rings (SSSR count). The minimum atomic E-state index is -3.78. The van der Waals surface area contributed by atoms with E-state index < -0.39 is 33.1 Å². The maximum atomic E-state index is 6.56. The van der Waals surface area contributed by atoms with Gasteiger partial charge >= 0.3 is 119 Å². The molecule has 0 amide bonds. The van der Waals surface area contributed by atoms with Crippen molar-refractivity contribution in [1.82, 2.24) is 0 Å². The summed E-state index contributed by atoms with van der Waals surface area (Å²) in [6, 6.07) is 0. The van der Waals surface area contributed by atoms with Crippen LogP contribution in [0, 0.1) is 11.8 Å². The first kappa shape index (κ1) is 17.7. The Morgan fingerprint density at radius 1 is 0.867 bits per heavy atom. The number of rotatable bonds is 5. The molecule has 1 nitrogen and oxygen atoms in total. The molecule has 15 heavy (non-hydrogen) atoms. The van der Waals surface area contributed by atoms with E-state index in [-0.39, 0.29) is 0 Å². The summed E-state index contributed by atoms with van der Waals surface area (Å²) in [5.74, 6) is 0.948. The summed E-state index contributed by atoms with van der Waals surface area (Å²) in [6.45, 7) is 8.61. The van der Waals surface area contributed by atoms with Crippen molar-refractivity contribution in [3.8, 4) is 0 Å². The molecule has 1 unspecified atom stereocenters. The first-order chi connectivity index (χ1) is 6.47. The molecule has 0 saturated heterocycles. The summed E-state index contributed by atoms with van der Waals surface area (Å²) in [6.07, 6.45) is 0. The van der Waals surface area contributed by atoms with Gasteiger partial charge in [0, 0.05) is 0 Å². The van der Waals surface area contributed by atoms with Gasteiger partial charge in [-0.15, -0.1) is 0 Å². The second-order valence-electron chi connectivity index (χ2n) is 4.55. The summed E-state index contributed by atoms with van der Waals surface area (Å²) in [5, 5.41) is 0. The molecule has 1 atom stereocenters. The van der Waals surface area contributed by atoms with Gasteiger partial charge in [-0.3, -0.25) is 0 Å². The molecule has 7 heteroatoms. The van der Waals surface area contributed by atoms with E-state index in [4.69, 9.17) is 37.1 Å². The summed E-state index contributed by atoms with van der Waals surface area (Å²) >= 11 is -6.99. The third kappa shape index (κ3) is 7.02. The van der Waals surface area contributed by atoms with Crippen molar-refractivity contribution in [2.45, 2.75) is 36.6 Å². The van der Waals surface area contributed by atoms with Gasteiger partial charge < -0.3 is 0 Å². The Labute approximate surface area is 117 Å². The molecule has 92 valence electrons. The van der Waals surface area contributed by atoms with Crippen LogP contribution in [-0.2, 0) is 1.41 Å². The molecule has 0 radical (unpaired) electrons. The van der Waals surface area contributed by atoms with Gasteiger partial charge in [-0.05, 0) is 0 Å². The second-order valence-corrected chi connectivity index (χ2v) is 38.8. The van der Waals surface area contributed by atoms with Crippen LogP contribution in [0.2, 0.25) is 8.87 Å². The molecule has 0 saturated carbocycles. The van der Waals surface area contributed by atoms with Crippen molar-refractivity contribution in [2.75, 3.05) is 0 Å². The summed E-state index contributed by atoms with van der Waals surface area (Å²) in [7, 11) is 24.1. The van der Waals surface area contributed by atoms with Crippen LogP contribution < -0.4 is 0 Å². The zero-order chi connectivity index (χ0) is 12.4. The predicted octanol–water partition coefficient (Wildman–Crippen LogP) is 5.15. The van der Waals surface area contributed by atoms with Crippen molar-refractivity contribution in [2.24, 2.45) is 11.8 Å². The molecule has 0 spiro atoms. The number of hydrogen-bond donors (Lipinski definition) is 0. The molecule has 0 fully saturated rings. The van der Waals surface area contributed by atoms with Gasteiger partial charge in [0.15, 0.2) is 0 Å². The van der Waals surface area contributed by atoms with Gasteiger partial charge in [-0.1, -0.05) is 0 Å². The summed E-state index contributed by atoms with van der Waals surface area (Å²) in [5.41, 5.74) is 0. The number of halogens is 4. The van der Waals surface area contributed by atoms with E-state index in [0.29, 0.717) is 15.8 Å². The Bertz CT molecular complexity index is 195. The molecule has 0 aromatic carbocycles. The molecule has 0 aliphatic carbocycles. The van der Waals surface area contributed by atoms with Crippen LogP contribution in [0.4, 0.5) is 0 Å². The maximum absolute atomic E-state index is 6.56. The van der Waals surface area contributed by atoms with Crippen molar-refractivity contribution >= 4 is 68.8 Å². The molecule has 0 aliphatic heterocycles. The third-order valence-electron chi connectivity index (χ3n) is 2.35. The Hall–Kier alpha value is 2.72. The fourth-order valence-electron chi connectivity index (χ4n) is 2.25. The molecule has 0 heterocycles. The molecule has 0 N–H and O–H groups in total. The average Bonchev–Trinajstić information content (AvgIpc) is 1.74. The monoisotopic (exact) mass is 510 g/mol. The van der Waals surface area contributed by atoms with Gasteiger partial charge in [0.25, 0.3) is 0 Å². The van der Waals surface area contributed by atoms with Crippen LogP contribution in [0.3, 0.4) is 0 Å². The molecular formula is C8H18Cl4OSn2. The van der Waals surface area contributed by atoms with Crippen LogP contribution >= 0.6 is 35.7 Å². The van der Waals surface area contributed by atoms with Gasteiger partial charge in [0.05, 0.1) is 0 Å². The first-order valence-electron chi connectivity index (χ1n) is 4.93. The third-order valence-corrected chi connectivity index (χ3v) is 39.0. The molecular weight excluding hydrogens is 491 g/mol. The Balaban J connectivity index is 4.80. The van der Waals surface area contributed by atoms with E-state index in [1.807, 2.05) is 4.94 Å². The van der Waals surface area contributed by atoms with Crippen molar-refractivity contribution in [3.05, 3.63) is 0 Å². The van der Waals surface area contributed by atoms with E-state index in [1.54, 1.807) is 0 Å². The SMILES string of the molecule is CC(C)[CH](C(C)C)[Sn]([CH3])([Cl])[O][Sn]([Cl])([Cl])[Cl]. The van der Waals surface area contributed by atoms with Crippen LogP contribution in [0.15, 0.2) is 0 Å². The van der Waals surface area contributed by atoms with Crippen LogP contribution in [0.5, 0.6) is 0 Å².